The Morgan fingerprint density at radius 3 is 2.79 bits per heavy atom. The third-order valence-corrected chi connectivity index (χ3v) is 3.51. The van der Waals surface area contributed by atoms with E-state index < -0.39 is 0 Å². The minimum absolute atomic E-state index is 0.0878. The molecule has 0 aliphatic carbocycles. The highest BCUT2D eigenvalue weighted by atomic mass is 32.2. The molecule has 0 saturated carbocycles. The van der Waals surface area contributed by atoms with Crippen molar-refractivity contribution in [3.05, 3.63) is 59.3 Å². The molecule has 0 bridgehead atoms. The first-order valence-electron chi connectivity index (χ1n) is 6.24. The van der Waals surface area contributed by atoms with Gasteiger partial charge in [-0.1, -0.05) is 12.1 Å². The van der Waals surface area contributed by atoms with Crippen LogP contribution in [0.4, 0.5) is 4.39 Å². The normalized spacial score (nSPS) is 12.6. The molecule has 2 nitrogen and oxygen atoms in total. The molecule has 1 aromatic heterocycles. The third-order valence-electron chi connectivity index (χ3n) is 2.94. The number of benzene rings is 1. The fraction of sp³-hybridized carbons (Fsp3) is 0.333. The van der Waals surface area contributed by atoms with Gasteiger partial charge in [0.2, 0.25) is 0 Å². The highest BCUT2D eigenvalue weighted by Gasteiger charge is 2.07. The number of thioether (sulfide) groups is 1. The van der Waals surface area contributed by atoms with Crippen LogP contribution in [0.3, 0.4) is 0 Å². The predicted molar refractivity (Wildman–Crippen MR) is 77.6 cm³/mol. The van der Waals surface area contributed by atoms with Gasteiger partial charge in [-0.15, -0.1) is 0 Å². The number of rotatable bonds is 6. The first-order chi connectivity index (χ1) is 9.19. The molecule has 1 aromatic carbocycles. The summed E-state index contributed by atoms with van der Waals surface area (Å²) in [4.78, 5) is 0. The lowest BCUT2D eigenvalue weighted by Gasteiger charge is -2.13. The molecule has 19 heavy (non-hydrogen) atoms. The molecule has 1 atom stereocenters. The maximum atomic E-state index is 13.1. The van der Waals surface area contributed by atoms with Crippen LogP contribution < -0.4 is 5.32 Å². The van der Waals surface area contributed by atoms with E-state index in [1.165, 1.54) is 6.07 Å². The largest absolute Gasteiger partial charge is 0.464 e. The van der Waals surface area contributed by atoms with Crippen LogP contribution in [0.15, 0.2) is 40.8 Å². The Balaban J connectivity index is 1.90. The molecule has 0 spiro atoms. The van der Waals surface area contributed by atoms with Crippen molar-refractivity contribution in [2.24, 2.45) is 0 Å². The van der Waals surface area contributed by atoms with Gasteiger partial charge < -0.3 is 9.73 Å². The summed E-state index contributed by atoms with van der Waals surface area (Å²) in [5, 5.41) is 3.33. The van der Waals surface area contributed by atoms with E-state index in [0.717, 1.165) is 22.8 Å². The van der Waals surface area contributed by atoms with Gasteiger partial charge in [0.1, 0.15) is 17.3 Å². The zero-order valence-corrected chi connectivity index (χ0v) is 12.0. The molecular formula is C15H18FNOS. The summed E-state index contributed by atoms with van der Waals surface area (Å²) >= 11 is 1.74. The number of furan rings is 1. The van der Waals surface area contributed by atoms with E-state index in [1.54, 1.807) is 23.9 Å². The van der Waals surface area contributed by atoms with Crippen LogP contribution in [0.25, 0.3) is 0 Å². The molecule has 0 radical (unpaired) electrons. The summed E-state index contributed by atoms with van der Waals surface area (Å²) in [5.74, 6) is 2.58. The molecule has 4 heteroatoms. The van der Waals surface area contributed by atoms with Crippen molar-refractivity contribution in [2.75, 3.05) is 6.26 Å². The first-order valence-corrected chi connectivity index (χ1v) is 7.64. The number of nitrogens with one attached hydrogen (secondary N) is 1. The van der Waals surface area contributed by atoms with Crippen LogP contribution >= 0.6 is 11.8 Å². The van der Waals surface area contributed by atoms with Gasteiger partial charge in [0, 0.05) is 6.04 Å². The van der Waals surface area contributed by atoms with Crippen molar-refractivity contribution >= 4 is 11.8 Å². The van der Waals surface area contributed by atoms with Gasteiger partial charge in [0.15, 0.2) is 0 Å². The molecule has 1 N–H and O–H groups in total. The lowest BCUT2D eigenvalue weighted by molar-refractivity contribution is 0.442. The van der Waals surface area contributed by atoms with E-state index in [9.17, 15) is 4.39 Å². The zero-order valence-electron chi connectivity index (χ0n) is 11.2. The fourth-order valence-electron chi connectivity index (χ4n) is 1.88. The van der Waals surface area contributed by atoms with Gasteiger partial charge in [-0.3, -0.25) is 0 Å². The summed E-state index contributed by atoms with van der Waals surface area (Å²) in [6, 6.07) is 10.7. The standard InChI is InChI=1S/C15H18FNOS/c1-11(12-4-3-5-13(16)8-12)17-9-14-6-7-15(18-14)10-19-2/h3-8,11,17H,9-10H2,1-2H3/t11-/m1/s1. The number of hydrogen-bond donors (Lipinski definition) is 1. The SMILES string of the molecule is CSCc1ccc(CN[C@H](C)c2cccc(F)c2)o1. The Morgan fingerprint density at radius 1 is 1.26 bits per heavy atom. The molecule has 0 aliphatic heterocycles. The van der Waals surface area contributed by atoms with E-state index in [2.05, 4.69) is 5.32 Å². The monoisotopic (exact) mass is 279 g/mol. The summed E-state index contributed by atoms with van der Waals surface area (Å²) in [6.45, 7) is 2.66. The first kappa shape index (κ1) is 14.2. The van der Waals surface area contributed by atoms with Gasteiger partial charge in [0.25, 0.3) is 0 Å². The van der Waals surface area contributed by atoms with E-state index >= 15 is 0 Å². The molecule has 102 valence electrons. The van der Waals surface area contributed by atoms with Crippen molar-refractivity contribution in [2.45, 2.75) is 25.3 Å². The van der Waals surface area contributed by atoms with Crippen molar-refractivity contribution < 1.29 is 8.81 Å². The highest BCUT2D eigenvalue weighted by Crippen LogP contribution is 2.16. The average Bonchev–Trinajstić information content (AvgIpc) is 2.84. The second-order valence-corrected chi connectivity index (χ2v) is 5.32. The maximum Gasteiger partial charge on any atom is 0.123 e. The smallest absolute Gasteiger partial charge is 0.123 e. The Labute approximate surface area is 117 Å². The van der Waals surface area contributed by atoms with Crippen LogP contribution in [0.5, 0.6) is 0 Å². The lowest BCUT2D eigenvalue weighted by Crippen LogP contribution is -2.17. The second kappa shape index (κ2) is 6.78. The molecular weight excluding hydrogens is 261 g/mol. The average molecular weight is 279 g/mol. The molecule has 2 aromatic rings. The van der Waals surface area contributed by atoms with Crippen LogP contribution in [0.1, 0.15) is 30.0 Å². The Morgan fingerprint density at radius 2 is 2.05 bits per heavy atom. The Kier molecular flexibility index (Phi) is 5.05. The van der Waals surface area contributed by atoms with Crippen LogP contribution in [0.2, 0.25) is 0 Å². The van der Waals surface area contributed by atoms with E-state index in [4.69, 9.17) is 4.42 Å². The van der Waals surface area contributed by atoms with Crippen molar-refractivity contribution in [1.29, 1.82) is 0 Å². The number of hydrogen-bond acceptors (Lipinski definition) is 3. The van der Waals surface area contributed by atoms with Crippen LogP contribution in [-0.4, -0.2) is 6.26 Å². The maximum absolute atomic E-state index is 13.1. The van der Waals surface area contributed by atoms with Gasteiger partial charge in [-0.05, 0) is 43.0 Å². The fourth-order valence-corrected chi connectivity index (χ4v) is 2.32. The molecule has 0 amide bonds. The van der Waals surface area contributed by atoms with Gasteiger partial charge in [-0.25, -0.2) is 4.39 Å². The summed E-state index contributed by atoms with van der Waals surface area (Å²) in [6.07, 6.45) is 2.05. The molecule has 0 aliphatic rings. The summed E-state index contributed by atoms with van der Waals surface area (Å²) in [5.41, 5.74) is 0.941. The van der Waals surface area contributed by atoms with E-state index in [-0.39, 0.29) is 11.9 Å². The molecule has 0 saturated heterocycles. The highest BCUT2D eigenvalue weighted by molar-refractivity contribution is 7.97. The third kappa shape index (κ3) is 4.11. The topological polar surface area (TPSA) is 25.2 Å². The molecule has 1 heterocycles. The zero-order chi connectivity index (χ0) is 13.7. The quantitative estimate of drug-likeness (QED) is 0.860. The minimum atomic E-state index is -0.202. The minimum Gasteiger partial charge on any atom is -0.464 e. The summed E-state index contributed by atoms with van der Waals surface area (Å²) < 4.78 is 18.8. The van der Waals surface area contributed by atoms with Crippen molar-refractivity contribution in [3.8, 4) is 0 Å². The van der Waals surface area contributed by atoms with Gasteiger partial charge in [0.05, 0.1) is 12.3 Å². The summed E-state index contributed by atoms with van der Waals surface area (Å²) in [7, 11) is 0. The Hall–Kier alpha value is -1.26. The lowest BCUT2D eigenvalue weighted by atomic mass is 10.1. The molecule has 2 rings (SSSR count). The van der Waals surface area contributed by atoms with Crippen LogP contribution in [0, 0.1) is 5.82 Å². The number of halogens is 1. The second-order valence-electron chi connectivity index (χ2n) is 4.46. The predicted octanol–water partition coefficient (Wildman–Crippen LogP) is 4.13. The van der Waals surface area contributed by atoms with Crippen molar-refractivity contribution in [1.82, 2.24) is 5.32 Å². The van der Waals surface area contributed by atoms with Gasteiger partial charge in [-0.2, -0.15) is 11.8 Å². The van der Waals surface area contributed by atoms with E-state index in [1.807, 2.05) is 31.4 Å². The molecule has 0 fully saturated rings. The van der Waals surface area contributed by atoms with Crippen LogP contribution in [-0.2, 0) is 12.3 Å². The van der Waals surface area contributed by atoms with E-state index in [0.29, 0.717) is 6.54 Å². The molecule has 0 unspecified atom stereocenters. The Bertz CT molecular complexity index is 526. The van der Waals surface area contributed by atoms with Crippen molar-refractivity contribution in [3.63, 3.8) is 0 Å². The van der Waals surface area contributed by atoms with Gasteiger partial charge >= 0.3 is 0 Å².